The Bertz CT molecular complexity index is 169. The van der Waals surface area contributed by atoms with Gasteiger partial charge in [-0.15, -0.1) is 0 Å². The number of unbranched alkanes of at least 4 members (excludes halogenated alkanes) is 3. The van der Waals surface area contributed by atoms with E-state index in [4.69, 9.17) is 5.73 Å². The van der Waals surface area contributed by atoms with Crippen molar-refractivity contribution in [3.05, 3.63) is 0 Å². The minimum atomic E-state index is -0.216. The fourth-order valence-corrected chi connectivity index (χ4v) is 1.50. The molecule has 0 rings (SSSR count). The van der Waals surface area contributed by atoms with Gasteiger partial charge in [0, 0.05) is 0 Å². The molecule has 0 aliphatic carbocycles. The number of hydrogen-bond acceptors (Lipinski definition) is 2. The highest BCUT2D eigenvalue weighted by Gasteiger charge is 2.13. The Morgan fingerprint density at radius 2 is 1.93 bits per heavy atom. The van der Waals surface area contributed by atoms with Crippen molar-refractivity contribution >= 4 is 5.91 Å². The number of carbonyl (C=O) groups is 1. The Balaban J connectivity index is 3.69. The van der Waals surface area contributed by atoms with Crippen molar-refractivity contribution in [1.82, 2.24) is 5.32 Å². The number of amides is 1. The average Bonchev–Trinajstić information content (AvgIpc) is 2.15. The van der Waals surface area contributed by atoms with Crippen molar-refractivity contribution in [1.29, 1.82) is 0 Å². The molecule has 0 fully saturated rings. The lowest BCUT2D eigenvalue weighted by Gasteiger charge is -2.16. The molecule has 0 aliphatic heterocycles. The van der Waals surface area contributed by atoms with Gasteiger partial charge in [0.1, 0.15) is 0 Å². The third-order valence-corrected chi connectivity index (χ3v) is 2.46. The van der Waals surface area contributed by atoms with Gasteiger partial charge in [-0.3, -0.25) is 4.79 Å². The van der Waals surface area contributed by atoms with Gasteiger partial charge in [0.05, 0.1) is 6.04 Å². The molecule has 0 spiro atoms. The van der Waals surface area contributed by atoms with Crippen LogP contribution in [-0.4, -0.2) is 18.5 Å². The lowest BCUT2D eigenvalue weighted by Crippen LogP contribution is -2.42. The Kier molecular flexibility index (Phi) is 8.38. The number of rotatable bonds is 9. The molecule has 0 heterocycles. The molecule has 0 aromatic heterocycles. The van der Waals surface area contributed by atoms with Crippen LogP contribution in [0.3, 0.4) is 0 Å². The first-order chi connectivity index (χ1) is 7.07. The fourth-order valence-electron chi connectivity index (χ4n) is 1.50. The van der Waals surface area contributed by atoms with Crippen molar-refractivity contribution in [2.45, 2.75) is 58.9 Å². The van der Waals surface area contributed by atoms with Gasteiger partial charge in [-0.1, -0.05) is 46.5 Å². The van der Waals surface area contributed by atoms with Crippen LogP contribution in [0, 0.1) is 5.92 Å². The van der Waals surface area contributed by atoms with E-state index in [0.29, 0.717) is 5.92 Å². The number of primary amides is 1. The third-order valence-electron chi connectivity index (χ3n) is 2.46. The van der Waals surface area contributed by atoms with Gasteiger partial charge in [0.15, 0.2) is 0 Å². The molecule has 1 unspecified atom stereocenters. The molecule has 0 radical (unpaired) electrons. The molecular formula is C12H26N2O. The maximum absolute atomic E-state index is 11.1. The van der Waals surface area contributed by atoms with E-state index in [1.165, 1.54) is 19.3 Å². The van der Waals surface area contributed by atoms with E-state index in [-0.39, 0.29) is 11.9 Å². The predicted molar refractivity (Wildman–Crippen MR) is 64.6 cm³/mol. The second kappa shape index (κ2) is 8.72. The number of carbonyl (C=O) groups excluding carboxylic acids is 1. The molecule has 0 saturated carbocycles. The standard InChI is InChI=1S/C12H26N2O/c1-4-5-6-7-8-11(12(13)15)14-9-10(2)3/h10-11,14H,4-9H2,1-3H3,(H2,13,15). The van der Waals surface area contributed by atoms with Crippen LogP contribution in [-0.2, 0) is 4.79 Å². The Hall–Kier alpha value is -0.570. The minimum absolute atomic E-state index is 0.135. The van der Waals surface area contributed by atoms with Crippen LogP contribution >= 0.6 is 0 Å². The topological polar surface area (TPSA) is 55.1 Å². The van der Waals surface area contributed by atoms with Crippen LogP contribution in [0.4, 0.5) is 0 Å². The number of nitrogens with two attached hydrogens (primary N) is 1. The van der Waals surface area contributed by atoms with E-state index in [0.717, 1.165) is 19.4 Å². The molecule has 0 aliphatic rings. The van der Waals surface area contributed by atoms with Gasteiger partial charge < -0.3 is 11.1 Å². The van der Waals surface area contributed by atoms with E-state index in [2.05, 4.69) is 26.1 Å². The van der Waals surface area contributed by atoms with Gasteiger partial charge in [-0.25, -0.2) is 0 Å². The highest BCUT2D eigenvalue weighted by atomic mass is 16.1. The normalized spacial score (nSPS) is 13.1. The summed E-state index contributed by atoms with van der Waals surface area (Å²) in [6.07, 6.45) is 5.63. The van der Waals surface area contributed by atoms with Crippen LogP contribution in [0.5, 0.6) is 0 Å². The summed E-state index contributed by atoms with van der Waals surface area (Å²) < 4.78 is 0. The van der Waals surface area contributed by atoms with Crippen LogP contribution in [0.2, 0.25) is 0 Å². The lowest BCUT2D eigenvalue weighted by atomic mass is 10.1. The van der Waals surface area contributed by atoms with Crippen molar-refractivity contribution < 1.29 is 4.79 Å². The van der Waals surface area contributed by atoms with Gasteiger partial charge >= 0.3 is 0 Å². The smallest absolute Gasteiger partial charge is 0.234 e. The second-order valence-electron chi connectivity index (χ2n) is 4.61. The molecule has 90 valence electrons. The average molecular weight is 214 g/mol. The van der Waals surface area contributed by atoms with E-state index in [1.807, 2.05) is 0 Å². The SMILES string of the molecule is CCCCCCC(NCC(C)C)C(N)=O. The molecule has 0 aromatic rings. The zero-order chi connectivity index (χ0) is 11.7. The summed E-state index contributed by atoms with van der Waals surface area (Å²) in [7, 11) is 0. The summed E-state index contributed by atoms with van der Waals surface area (Å²) in [6.45, 7) is 7.30. The predicted octanol–water partition coefficient (Wildman–Crippen LogP) is 2.06. The highest BCUT2D eigenvalue weighted by molar-refractivity contribution is 5.79. The number of nitrogens with one attached hydrogen (secondary N) is 1. The molecule has 1 amide bonds. The van der Waals surface area contributed by atoms with Crippen molar-refractivity contribution in [3.8, 4) is 0 Å². The highest BCUT2D eigenvalue weighted by Crippen LogP contribution is 2.05. The first-order valence-electron chi connectivity index (χ1n) is 6.10. The quantitative estimate of drug-likeness (QED) is 0.577. The van der Waals surface area contributed by atoms with Crippen molar-refractivity contribution in [2.75, 3.05) is 6.54 Å². The monoisotopic (exact) mass is 214 g/mol. The van der Waals surface area contributed by atoms with Crippen LogP contribution < -0.4 is 11.1 Å². The summed E-state index contributed by atoms with van der Waals surface area (Å²) in [5.74, 6) is 0.342. The molecule has 3 nitrogen and oxygen atoms in total. The molecule has 3 heteroatoms. The zero-order valence-electron chi connectivity index (χ0n) is 10.4. The zero-order valence-corrected chi connectivity index (χ0v) is 10.4. The summed E-state index contributed by atoms with van der Waals surface area (Å²) in [5, 5.41) is 3.22. The molecule has 0 bridgehead atoms. The fraction of sp³-hybridized carbons (Fsp3) is 0.917. The Labute approximate surface area is 93.8 Å². The lowest BCUT2D eigenvalue weighted by molar-refractivity contribution is -0.120. The molecule has 0 saturated heterocycles. The molecule has 3 N–H and O–H groups in total. The molecule has 15 heavy (non-hydrogen) atoms. The molecular weight excluding hydrogens is 188 g/mol. The number of hydrogen-bond donors (Lipinski definition) is 2. The van der Waals surface area contributed by atoms with E-state index >= 15 is 0 Å². The van der Waals surface area contributed by atoms with Crippen molar-refractivity contribution in [2.24, 2.45) is 11.7 Å². The summed E-state index contributed by atoms with van der Waals surface area (Å²) in [5.41, 5.74) is 5.34. The van der Waals surface area contributed by atoms with Crippen molar-refractivity contribution in [3.63, 3.8) is 0 Å². The maximum Gasteiger partial charge on any atom is 0.234 e. The second-order valence-corrected chi connectivity index (χ2v) is 4.61. The van der Waals surface area contributed by atoms with E-state index < -0.39 is 0 Å². The largest absolute Gasteiger partial charge is 0.368 e. The van der Waals surface area contributed by atoms with Gasteiger partial charge in [-0.05, 0) is 18.9 Å². The van der Waals surface area contributed by atoms with Crippen LogP contribution in [0.15, 0.2) is 0 Å². The Morgan fingerprint density at radius 1 is 1.27 bits per heavy atom. The Morgan fingerprint density at radius 3 is 2.40 bits per heavy atom. The summed E-state index contributed by atoms with van der Waals surface area (Å²) >= 11 is 0. The first kappa shape index (κ1) is 14.4. The molecule has 1 atom stereocenters. The first-order valence-corrected chi connectivity index (χ1v) is 6.10. The third kappa shape index (κ3) is 8.43. The van der Waals surface area contributed by atoms with Crippen LogP contribution in [0.1, 0.15) is 52.9 Å². The van der Waals surface area contributed by atoms with E-state index in [9.17, 15) is 4.79 Å². The maximum atomic E-state index is 11.1. The summed E-state index contributed by atoms with van der Waals surface area (Å²) in [6, 6.07) is -0.135. The van der Waals surface area contributed by atoms with Crippen LogP contribution in [0.25, 0.3) is 0 Å². The van der Waals surface area contributed by atoms with Gasteiger partial charge in [0.25, 0.3) is 0 Å². The van der Waals surface area contributed by atoms with Gasteiger partial charge in [-0.2, -0.15) is 0 Å². The molecule has 0 aromatic carbocycles. The van der Waals surface area contributed by atoms with E-state index in [1.54, 1.807) is 0 Å². The minimum Gasteiger partial charge on any atom is -0.368 e. The van der Waals surface area contributed by atoms with Gasteiger partial charge in [0.2, 0.25) is 5.91 Å². The summed E-state index contributed by atoms with van der Waals surface area (Å²) in [4.78, 5) is 11.1.